The molecule has 2 heteroatoms. The summed E-state index contributed by atoms with van der Waals surface area (Å²) < 4.78 is 6.79. The van der Waals surface area contributed by atoms with Gasteiger partial charge in [-0.15, -0.1) is 0 Å². The van der Waals surface area contributed by atoms with Gasteiger partial charge in [0.05, 0.1) is 11.9 Å². The second-order valence-corrected chi connectivity index (χ2v) is 11.7. The number of benzene rings is 7. The van der Waals surface area contributed by atoms with Crippen LogP contribution in [-0.4, -0.2) is 0 Å². The largest absolute Gasteiger partial charge is 0.481 e. The third-order valence-corrected chi connectivity index (χ3v) is 9.31. The van der Waals surface area contributed by atoms with Crippen molar-refractivity contribution in [3.8, 4) is 22.3 Å². The Kier molecular flexibility index (Phi) is 5.76. The first-order chi connectivity index (χ1) is 22.3. The molecule has 1 spiro atoms. The van der Waals surface area contributed by atoms with E-state index in [4.69, 9.17) is 4.74 Å². The van der Waals surface area contributed by atoms with Gasteiger partial charge in [0.1, 0.15) is 0 Å². The minimum atomic E-state index is -0.727. The lowest BCUT2D eigenvalue weighted by Gasteiger charge is -2.37. The summed E-state index contributed by atoms with van der Waals surface area (Å²) in [5.74, 6) is 0. The van der Waals surface area contributed by atoms with Crippen molar-refractivity contribution in [1.29, 1.82) is 0 Å². The van der Waals surface area contributed by atoms with E-state index in [1.165, 1.54) is 44.2 Å². The van der Waals surface area contributed by atoms with Crippen LogP contribution in [0.25, 0.3) is 39.1 Å². The summed E-state index contributed by atoms with van der Waals surface area (Å²) in [6, 6.07) is 58.8. The van der Waals surface area contributed by atoms with Gasteiger partial charge in [0, 0.05) is 33.5 Å². The third kappa shape index (κ3) is 3.89. The highest BCUT2D eigenvalue weighted by Crippen LogP contribution is 2.56. The molecule has 7 aromatic rings. The van der Waals surface area contributed by atoms with E-state index in [1.807, 2.05) is 6.26 Å². The Hall–Kier alpha value is -5.86. The van der Waals surface area contributed by atoms with Crippen LogP contribution >= 0.6 is 0 Å². The fraction of sp³-hybridized carbons (Fsp3) is 0.0233. The van der Waals surface area contributed by atoms with Gasteiger partial charge in [0.15, 0.2) is 5.60 Å². The van der Waals surface area contributed by atoms with E-state index >= 15 is 0 Å². The van der Waals surface area contributed by atoms with Gasteiger partial charge >= 0.3 is 0 Å². The maximum absolute atomic E-state index is 6.79. The molecule has 7 aromatic carbocycles. The molecule has 1 heterocycles. The molecule has 0 atom stereocenters. The van der Waals surface area contributed by atoms with Gasteiger partial charge in [0.2, 0.25) is 0 Å². The normalized spacial score (nSPS) is 13.6. The first kappa shape index (κ1) is 25.6. The first-order valence-corrected chi connectivity index (χ1v) is 15.4. The van der Waals surface area contributed by atoms with Crippen LogP contribution < -0.4 is 4.90 Å². The second-order valence-electron chi connectivity index (χ2n) is 11.7. The highest BCUT2D eigenvalue weighted by atomic mass is 16.5. The molecule has 2 nitrogen and oxygen atoms in total. The van der Waals surface area contributed by atoms with Gasteiger partial charge in [-0.2, -0.15) is 0 Å². The number of hydrogen-bond acceptors (Lipinski definition) is 2. The van der Waals surface area contributed by atoms with Crippen molar-refractivity contribution in [1.82, 2.24) is 0 Å². The summed E-state index contributed by atoms with van der Waals surface area (Å²) in [6.07, 6.45) is 3.95. The van der Waals surface area contributed by atoms with Gasteiger partial charge in [-0.05, 0) is 69.6 Å². The van der Waals surface area contributed by atoms with E-state index < -0.39 is 5.60 Å². The Morgan fingerprint density at radius 2 is 1.09 bits per heavy atom. The average molecular weight is 576 g/mol. The van der Waals surface area contributed by atoms with Crippen molar-refractivity contribution >= 4 is 33.9 Å². The SMILES string of the molecule is C1=Cc2ccc(N(c3ccc(-c4ccccc4)cc3)c3cccc4ccccc34)cc2C2(O1)c1ccccc1-c1ccccc12. The van der Waals surface area contributed by atoms with E-state index in [2.05, 4.69) is 175 Å². The third-order valence-electron chi connectivity index (χ3n) is 9.31. The Bertz CT molecular complexity index is 2200. The molecule has 0 saturated carbocycles. The number of anilines is 3. The summed E-state index contributed by atoms with van der Waals surface area (Å²) in [5.41, 5.74) is 12.1. The van der Waals surface area contributed by atoms with Crippen molar-refractivity contribution in [3.63, 3.8) is 0 Å². The zero-order valence-corrected chi connectivity index (χ0v) is 24.6. The summed E-state index contributed by atoms with van der Waals surface area (Å²) in [6.45, 7) is 0. The van der Waals surface area contributed by atoms with Crippen LogP contribution in [0, 0.1) is 0 Å². The number of hydrogen-bond donors (Lipinski definition) is 0. The smallest absolute Gasteiger partial charge is 0.185 e. The van der Waals surface area contributed by atoms with Crippen LogP contribution in [0.15, 0.2) is 170 Å². The van der Waals surface area contributed by atoms with E-state index in [-0.39, 0.29) is 0 Å². The Balaban J connectivity index is 1.27. The summed E-state index contributed by atoms with van der Waals surface area (Å²) in [7, 11) is 0. The van der Waals surface area contributed by atoms with Gasteiger partial charge in [-0.1, -0.05) is 133 Å². The lowest BCUT2D eigenvalue weighted by atomic mass is 9.80. The summed E-state index contributed by atoms with van der Waals surface area (Å²) >= 11 is 0. The molecule has 45 heavy (non-hydrogen) atoms. The fourth-order valence-corrected chi connectivity index (χ4v) is 7.28. The molecule has 0 radical (unpaired) electrons. The standard InChI is InChI=1S/C43H29NO/c1-2-11-30(12-3-1)31-21-24-34(25-22-31)44(42-20-10-14-32-13-4-5-15-36(32)42)35-26-23-33-27-28-45-43(41(33)29-35)39-18-8-6-16-37(39)38-17-7-9-19-40(38)43/h1-29H. The van der Waals surface area contributed by atoms with E-state index in [1.54, 1.807) is 0 Å². The van der Waals surface area contributed by atoms with Gasteiger partial charge in [-0.3, -0.25) is 0 Å². The highest BCUT2D eigenvalue weighted by molar-refractivity contribution is 5.99. The Labute approximate surface area is 263 Å². The number of nitrogens with zero attached hydrogens (tertiary/aromatic N) is 1. The predicted molar refractivity (Wildman–Crippen MR) is 186 cm³/mol. The van der Waals surface area contributed by atoms with Crippen LogP contribution in [0.5, 0.6) is 0 Å². The zero-order valence-electron chi connectivity index (χ0n) is 24.6. The molecule has 0 N–H and O–H groups in total. The van der Waals surface area contributed by atoms with E-state index in [0.717, 1.165) is 28.2 Å². The Morgan fingerprint density at radius 1 is 0.467 bits per heavy atom. The lowest BCUT2D eigenvalue weighted by Crippen LogP contribution is -2.31. The van der Waals surface area contributed by atoms with Crippen molar-refractivity contribution in [2.75, 3.05) is 4.90 Å². The summed E-state index contributed by atoms with van der Waals surface area (Å²) in [4.78, 5) is 2.39. The maximum Gasteiger partial charge on any atom is 0.185 e. The minimum Gasteiger partial charge on any atom is -0.481 e. The molecule has 1 aliphatic heterocycles. The molecular formula is C43H29NO. The van der Waals surface area contributed by atoms with Crippen LogP contribution in [0.3, 0.4) is 0 Å². The monoisotopic (exact) mass is 575 g/mol. The molecule has 0 aromatic heterocycles. The number of ether oxygens (including phenoxy) is 1. The van der Waals surface area contributed by atoms with Crippen molar-refractivity contribution < 1.29 is 4.74 Å². The second kappa shape index (κ2) is 10.1. The van der Waals surface area contributed by atoms with Crippen LogP contribution in [0.2, 0.25) is 0 Å². The molecular weight excluding hydrogens is 546 g/mol. The van der Waals surface area contributed by atoms with Crippen molar-refractivity contribution in [2.45, 2.75) is 5.60 Å². The molecule has 9 rings (SSSR count). The average Bonchev–Trinajstić information content (AvgIpc) is 3.39. The number of rotatable bonds is 4. The van der Waals surface area contributed by atoms with Gasteiger partial charge in [0.25, 0.3) is 0 Å². The fourth-order valence-electron chi connectivity index (χ4n) is 7.28. The first-order valence-electron chi connectivity index (χ1n) is 15.4. The van der Waals surface area contributed by atoms with Crippen LogP contribution in [0.4, 0.5) is 17.1 Å². The van der Waals surface area contributed by atoms with Crippen molar-refractivity contribution in [2.24, 2.45) is 0 Å². The number of fused-ring (bicyclic) bond motifs is 8. The predicted octanol–water partition coefficient (Wildman–Crippen LogP) is 11.2. The van der Waals surface area contributed by atoms with Gasteiger partial charge in [-0.25, -0.2) is 0 Å². The van der Waals surface area contributed by atoms with E-state index in [0.29, 0.717) is 0 Å². The molecule has 0 unspecified atom stereocenters. The highest BCUT2D eigenvalue weighted by Gasteiger charge is 2.48. The molecule has 2 aliphatic rings. The minimum absolute atomic E-state index is 0.727. The quantitative estimate of drug-likeness (QED) is 0.207. The van der Waals surface area contributed by atoms with Crippen molar-refractivity contribution in [3.05, 3.63) is 192 Å². The van der Waals surface area contributed by atoms with Crippen LogP contribution in [0.1, 0.15) is 22.3 Å². The van der Waals surface area contributed by atoms with Gasteiger partial charge < -0.3 is 9.64 Å². The molecule has 1 aliphatic carbocycles. The summed E-state index contributed by atoms with van der Waals surface area (Å²) in [5, 5.41) is 2.41. The molecule has 0 bridgehead atoms. The van der Waals surface area contributed by atoms with E-state index in [9.17, 15) is 0 Å². The molecule has 212 valence electrons. The Morgan fingerprint density at radius 3 is 1.87 bits per heavy atom. The van der Waals surface area contributed by atoms with Crippen LogP contribution in [-0.2, 0) is 10.3 Å². The zero-order chi connectivity index (χ0) is 29.8. The lowest BCUT2D eigenvalue weighted by molar-refractivity contribution is 0.100. The maximum atomic E-state index is 6.79. The molecule has 0 fully saturated rings. The molecule has 0 amide bonds. The molecule has 0 saturated heterocycles. The topological polar surface area (TPSA) is 12.5 Å².